The van der Waals surface area contributed by atoms with E-state index in [2.05, 4.69) is 36.9 Å². The smallest absolute Gasteiger partial charge is 0.264 e. The molecule has 37 heavy (non-hydrogen) atoms. The second-order valence-corrected chi connectivity index (χ2v) is 11.4. The predicted octanol–water partition coefficient (Wildman–Crippen LogP) is 4.47. The van der Waals surface area contributed by atoms with Crippen LogP contribution in [0.4, 0.5) is 11.4 Å². The number of piperazine rings is 1. The zero-order valence-electron chi connectivity index (χ0n) is 22.2. The average molecular weight is 522 g/mol. The van der Waals surface area contributed by atoms with E-state index in [0.717, 1.165) is 11.1 Å². The molecule has 0 spiro atoms. The molecule has 0 aromatic heterocycles. The van der Waals surface area contributed by atoms with Crippen LogP contribution in [0.1, 0.15) is 22.3 Å². The van der Waals surface area contributed by atoms with Crippen molar-refractivity contribution in [2.75, 3.05) is 49.0 Å². The van der Waals surface area contributed by atoms with Crippen molar-refractivity contribution in [1.29, 1.82) is 0 Å². The first kappa shape index (κ1) is 26.5. The molecule has 0 aliphatic carbocycles. The number of benzene rings is 3. The van der Waals surface area contributed by atoms with Gasteiger partial charge in [-0.1, -0.05) is 35.9 Å². The molecule has 8 heteroatoms. The van der Waals surface area contributed by atoms with Gasteiger partial charge in [-0.25, -0.2) is 8.42 Å². The highest BCUT2D eigenvalue weighted by atomic mass is 32.2. The molecule has 0 bridgehead atoms. The van der Waals surface area contributed by atoms with Crippen molar-refractivity contribution in [1.82, 2.24) is 4.90 Å². The third kappa shape index (κ3) is 5.59. The minimum atomic E-state index is -4.02. The third-order valence-corrected chi connectivity index (χ3v) is 8.81. The van der Waals surface area contributed by atoms with Crippen LogP contribution in [0.2, 0.25) is 0 Å². The third-order valence-electron chi connectivity index (χ3n) is 7.04. The van der Waals surface area contributed by atoms with Crippen molar-refractivity contribution in [2.24, 2.45) is 0 Å². The molecule has 1 heterocycles. The molecule has 4 rings (SSSR count). The lowest BCUT2D eigenvalue weighted by atomic mass is 10.1. The lowest BCUT2D eigenvalue weighted by Crippen LogP contribution is -2.52. The van der Waals surface area contributed by atoms with E-state index in [1.807, 2.05) is 19.9 Å². The van der Waals surface area contributed by atoms with E-state index in [1.54, 1.807) is 41.3 Å². The minimum Gasteiger partial charge on any atom is -0.495 e. The molecule has 1 saturated heterocycles. The average Bonchev–Trinajstić information content (AvgIpc) is 2.89. The van der Waals surface area contributed by atoms with Crippen LogP contribution in [0.3, 0.4) is 0 Å². The highest BCUT2D eigenvalue weighted by Gasteiger charge is 2.32. The Kier molecular flexibility index (Phi) is 7.78. The summed E-state index contributed by atoms with van der Waals surface area (Å²) in [5, 5.41) is 0. The molecule has 0 N–H and O–H groups in total. The topological polar surface area (TPSA) is 70.2 Å². The summed E-state index contributed by atoms with van der Waals surface area (Å²) >= 11 is 0. The van der Waals surface area contributed by atoms with Gasteiger partial charge in [0.05, 0.1) is 17.7 Å². The second kappa shape index (κ2) is 10.8. The Morgan fingerprint density at radius 2 is 1.54 bits per heavy atom. The van der Waals surface area contributed by atoms with Crippen molar-refractivity contribution < 1.29 is 17.9 Å². The lowest BCUT2D eigenvalue weighted by molar-refractivity contribution is -0.129. The molecule has 196 valence electrons. The van der Waals surface area contributed by atoms with E-state index in [0.29, 0.717) is 37.6 Å². The number of rotatable bonds is 7. The zero-order valence-corrected chi connectivity index (χ0v) is 23.0. The predicted molar refractivity (Wildman–Crippen MR) is 148 cm³/mol. The maximum absolute atomic E-state index is 13.8. The van der Waals surface area contributed by atoms with E-state index in [1.165, 1.54) is 28.2 Å². The van der Waals surface area contributed by atoms with Gasteiger partial charge in [0.2, 0.25) is 5.91 Å². The first-order chi connectivity index (χ1) is 17.6. The van der Waals surface area contributed by atoms with Gasteiger partial charge >= 0.3 is 0 Å². The first-order valence-electron chi connectivity index (χ1n) is 12.4. The molecule has 7 nitrogen and oxygen atoms in total. The summed E-state index contributed by atoms with van der Waals surface area (Å²) in [6, 6.07) is 18.3. The van der Waals surface area contributed by atoms with Gasteiger partial charge in [0.25, 0.3) is 10.0 Å². The number of nitrogens with zero attached hydrogens (tertiary/aromatic N) is 3. The largest absolute Gasteiger partial charge is 0.495 e. The van der Waals surface area contributed by atoms with Crippen molar-refractivity contribution in [3.05, 3.63) is 82.9 Å². The van der Waals surface area contributed by atoms with Gasteiger partial charge in [-0.3, -0.25) is 9.10 Å². The van der Waals surface area contributed by atoms with Crippen LogP contribution in [-0.2, 0) is 14.8 Å². The molecule has 1 fully saturated rings. The number of hydrogen-bond acceptors (Lipinski definition) is 5. The number of ether oxygens (including phenoxy) is 1. The van der Waals surface area contributed by atoms with Crippen molar-refractivity contribution >= 4 is 27.3 Å². The minimum absolute atomic E-state index is 0.134. The lowest BCUT2D eigenvalue weighted by Gasteiger charge is -2.38. The SMILES string of the molecule is COc1ccc(C)cc1N(CC(=O)N1CCN(c2cccc(C)c2C)CC1)S(=O)(=O)c1ccc(C)cc1. The molecular weight excluding hydrogens is 486 g/mol. The summed E-state index contributed by atoms with van der Waals surface area (Å²) in [4.78, 5) is 17.7. The van der Waals surface area contributed by atoms with Crippen LogP contribution in [-0.4, -0.2) is 59.1 Å². The van der Waals surface area contributed by atoms with Crippen LogP contribution >= 0.6 is 0 Å². The fraction of sp³-hybridized carbons (Fsp3) is 0.345. The van der Waals surface area contributed by atoms with Crippen LogP contribution in [0, 0.1) is 27.7 Å². The summed E-state index contributed by atoms with van der Waals surface area (Å²) in [6.07, 6.45) is 0. The van der Waals surface area contributed by atoms with Crippen LogP contribution in [0.5, 0.6) is 5.75 Å². The maximum Gasteiger partial charge on any atom is 0.264 e. The van der Waals surface area contributed by atoms with E-state index >= 15 is 0 Å². The standard InChI is InChI=1S/C29H35N3O4S/c1-21-9-12-25(13-10-21)37(34,35)32(27-19-22(2)11-14-28(27)36-5)20-29(33)31-17-15-30(16-18-31)26-8-6-7-23(3)24(26)4/h6-14,19H,15-18,20H2,1-5H3. The Bertz CT molecular complexity index is 1380. The van der Waals surface area contributed by atoms with Crippen molar-refractivity contribution in [2.45, 2.75) is 32.6 Å². The van der Waals surface area contributed by atoms with Crippen LogP contribution in [0.25, 0.3) is 0 Å². The van der Waals surface area contributed by atoms with Gasteiger partial charge in [-0.15, -0.1) is 0 Å². The van der Waals surface area contributed by atoms with Gasteiger partial charge in [0, 0.05) is 31.9 Å². The van der Waals surface area contributed by atoms with E-state index in [4.69, 9.17) is 4.74 Å². The number of sulfonamides is 1. The first-order valence-corrected chi connectivity index (χ1v) is 13.9. The van der Waals surface area contributed by atoms with Crippen molar-refractivity contribution in [3.63, 3.8) is 0 Å². The molecule has 1 amide bonds. The fourth-order valence-electron chi connectivity index (χ4n) is 4.63. The second-order valence-electron chi connectivity index (χ2n) is 9.59. The molecule has 0 radical (unpaired) electrons. The molecular formula is C29H35N3O4S. The summed E-state index contributed by atoms with van der Waals surface area (Å²) < 4.78 is 34.4. The Labute approximate surface area is 220 Å². The summed E-state index contributed by atoms with van der Waals surface area (Å²) in [5.41, 5.74) is 5.83. The van der Waals surface area contributed by atoms with Gasteiger partial charge in [0.1, 0.15) is 12.3 Å². The van der Waals surface area contributed by atoms with E-state index < -0.39 is 10.0 Å². The molecule has 1 aliphatic heterocycles. The zero-order chi connectivity index (χ0) is 26.7. The number of amides is 1. The number of anilines is 2. The Balaban J connectivity index is 1.60. The monoisotopic (exact) mass is 521 g/mol. The van der Waals surface area contributed by atoms with Crippen molar-refractivity contribution in [3.8, 4) is 5.75 Å². The normalized spacial score (nSPS) is 14.0. The number of carbonyl (C=O) groups is 1. The maximum atomic E-state index is 13.8. The van der Waals surface area contributed by atoms with Gasteiger partial charge < -0.3 is 14.5 Å². The summed E-state index contributed by atoms with van der Waals surface area (Å²) in [6.45, 7) is 10.1. The van der Waals surface area contributed by atoms with Gasteiger partial charge in [-0.2, -0.15) is 0 Å². The highest BCUT2D eigenvalue weighted by molar-refractivity contribution is 7.92. The number of carbonyl (C=O) groups excluding carboxylic acids is 1. The molecule has 0 unspecified atom stereocenters. The number of methoxy groups -OCH3 is 1. The number of aryl methyl sites for hydroxylation is 3. The fourth-order valence-corrected chi connectivity index (χ4v) is 6.05. The molecule has 3 aromatic rings. The van der Waals surface area contributed by atoms with Gasteiger partial charge in [-0.05, 0) is 74.7 Å². The Morgan fingerprint density at radius 3 is 2.19 bits per heavy atom. The Hall–Kier alpha value is -3.52. The van der Waals surface area contributed by atoms with Crippen LogP contribution in [0.15, 0.2) is 65.6 Å². The molecule has 3 aromatic carbocycles. The highest BCUT2D eigenvalue weighted by Crippen LogP contribution is 2.34. The number of hydrogen-bond donors (Lipinski definition) is 0. The quantitative estimate of drug-likeness (QED) is 0.459. The van der Waals surface area contributed by atoms with Crippen LogP contribution < -0.4 is 13.9 Å². The van der Waals surface area contributed by atoms with E-state index in [9.17, 15) is 13.2 Å². The van der Waals surface area contributed by atoms with Gasteiger partial charge in [0.15, 0.2) is 0 Å². The summed E-state index contributed by atoms with van der Waals surface area (Å²) in [5.74, 6) is 0.161. The summed E-state index contributed by atoms with van der Waals surface area (Å²) in [7, 11) is -2.52. The van der Waals surface area contributed by atoms with E-state index in [-0.39, 0.29) is 17.3 Å². The Morgan fingerprint density at radius 1 is 0.892 bits per heavy atom. The molecule has 0 atom stereocenters. The molecule has 0 saturated carbocycles. The molecule has 1 aliphatic rings.